The molecule has 0 unspecified atom stereocenters. The Bertz CT molecular complexity index is 452. The van der Waals surface area contributed by atoms with Crippen molar-refractivity contribution in [2.24, 2.45) is 0 Å². The summed E-state index contributed by atoms with van der Waals surface area (Å²) < 4.78 is 10.4. The summed E-state index contributed by atoms with van der Waals surface area (Å²) >= 11 is 0. The van der Waals surface area contributed by atoms with E-state index in [9.17, 15) is 4.79 Å². The number of hydrogen-bond donors (Lipinski definition) is 1. The monoisotopic (exact) mass is 221 g/mol. The van der Waals surface area contributed by atoms with E-state index in [2.05, 4.69) is 4.74 Å². The maximum atomic E-state index is 11.4. The van der Waals surface area contributed by atoms with Gasteiger partial charge in [-0.05, 0) is 19.9 Å². The summed E-state index contributed by atoms with van der Waals surface area (Å²) in [6.07, 6.45) is 0.800. The number of anilines is 1. The molecule has 1 aliphatic heterocycles. The highest BCUT2D eigenvalue weighted by Gasteiger charge is 2.33. The normalized spacial score (nSPS) is 16.4. The van der Waals surface area contributed by atoms with Gasteiger partial charge in [-0.1, -0.05) is 6.07 Å². The molecule has 0 amide bonds. The van der Waals surface area contributed by atoms with Gasteiger partial charge in [0.25, 0.3) is 0 Å². The van der Waals surface area contributed by atoms with Gasteiger partial charge in [0.2, 0.25) is 0 Å². The van der Waals surface area contributed by atoms with Gasteiger partial charge in [0.15, 0.2) is 0 Å². The molecule has 1 aromatic rings. The van der Waals surface area contributed by atoms with Gasteiger partial charge in [0, 0.05) is 12.0 Å². The highest BCUT2D eigenvalue weighted by molar-refractivity contribution is 5.97. The zero-order valence-corrected chi connectivity index (χ0v) is 9.66. The molecule has 4 heteroatoms. The SMILES string of the molecule is COC(=O)c1ccc2c(c1N)OC(C)(C)C2. The van der Waals surface area contributed by atoms with Crippen LogP contribution in [0.25, 0.3) is 0 Å². The number of rotatable bonds is 1. The van der Waals surface area contributed by atoms with Gasteiger partial charge in [-0.15, -0.1) is 0 Å². The summed E-state index contributed by atoms with van der Waals surface area (Å²) in [6, 6.07) is 3.55. The number of hydrogen-bond acceptors (Lipinski definition) is 4. The highest BCUT2D eigenvalue weighted by atomic mass is 16.5. The molecule has 16 heavy (non-hydrogen) atoms. The zero-order chi connectivity index (χ0) is 11.9. The van der Waals surface area contributed by atoms with Gasteiger partial charge in [0.1, 0.15) is 11.4 Å². The Kier molecular flexibility index (Phi) is 2.30. The molecule has 1 heterocycles. The minimum absolute atomic E-state index is 0.259. The van der Waals surface area contributed by atoms with Crippen molar-refractivity contribution < 1.29 is 14.3 Å². The largest absolute Gasteiger partial charge is 0.485 e. The molecule has 2 rings (SSSR count). The van der Waals surface area contributed by atoms with E-state index < -0.39 is 5.97 Å². The Morgan fingerprint density at radius 2 is 2.19 bits per heavy atom. The smallest absolute Gasteiger partial charge is 0.340 e. The summed E-state index contributed by atoms with van der Waals surface area (Å²) in [6.45, 7) is 3.98. The third-order valence-corrected chi connectivity index (χ3v) is 2.68. The van der Waals surface area contributed by atoms with Crippen LogP contribution in [-0.2, 0) is 11.2 Å². The minimum Gasteiger partial charge on any atom is -0.485 e. The van der Waals surface area contributed by atoms with Crippen molar-refractivity contribution in [1.29, 1.82) is 0 Å². The fourth-order valence-corrected chi connectivity index (χ4v) is 1.96. The Morgan fingerprint density at radius 1 is 1.50 bits per heavy atom. The van der Waals surface area contributed by atoms with Crippen molar-refractivity contribution in [3.63, 3.8) is 0 Å². The first kappa shape index (κ1) is 10.8. The Morgan fingerprint density at radius 3 is 2.81 bits per heavy atom. The number of nitrogens with two attached hydrogens (primary N) is 1. The lowest BCUT2D eigenvalue weighted by Gasteiger charge is -2.17. The first-order valence-electron chi connectivity index (χ1n) is 5.13. The van der Waals surface area contributed by atoms with Crippen molar-refractivity contribution >= 4 is 11.7 Å². The second-order valence-electron chi connectivity index (χ2n) is 4.55. The van der Waals surface area contributed by atoms with Crippen LogP contribution in [0.5, 0.6) is 5.75 Å². The molecule has 0 bridgehead atoms. The van der Waals surface area contributed by atoms with E-state index in [4.69, 9.17) is 10.5 Å². The molecule has 1 aromatic carbocycles. The van der Waals surface area contributed by atoms with Crippen molar-refractivity contribution in [1.82, 2.24) is 0 Å². The molecular weight excluding hydrogens is 206 g/mol. The first-order valence-corrected chi connectivity index (χ1v) is 5.13. The van der Waals surface area contributed by atoms with Crippen LogP contribution in [0.2, 0.25) is 0 Å². The molecule has 0 aromatic heterocycles. The number of benzene rings is 1. The van der Waals surface area contributed by atoms with Gasteiger partial charge in [-0.25, -0.2) is 4.79 Å². The number of methoxy groups -OCH3 is 1. The summed E-state index contributed by atoms with van der Waals surface area (Å²) in [4.78, 5) is 11.4. The number of esters is 1. The Labute approximate surface area is 94.3 Å². The van der Waals surface area contributed by atoms with Gasteiger partial charge < -0.3 is 15.2 Å². The van der Waals surface area contributed by atoms with E-state index in [0.29, 0.717) is 17.0 Å². The molecule has 0 saturated heterocycles. The molecule has 86 valence electrons. The number of ether oxygens (including phenoxy) is 2. The average Bonchev–Trinajstić information content (AvgIpc) is 2.53. The topological polar surface area (TPSA) is 61.5 Å². The fraction of sp³-hybridized carbons (Fsp3) is 0.417. The Balaban J connectivity index is 2.48. The molecule has 0 spiro atoms. The third kappa shape index (κ3) is 1.60. The van der Waals surface area contributed by atoms with Crippen molar-refractivity contribution in [2.75, 3.05) is 12.8 Å². The fourth-order valence-electron chi connectivity index (χ4n) is 1.96. The number of nitrogen functional groups attached to an aromatic ring is 1. The van der Waals surface area contributed by atoms with E-state index in [-0.39, 0.29) is 5.60 Å². The highest BCUT2D eigenvalue weighted by Crippen LogP contribution is 2.40. The maximum absolute atomic E-state index is 11.4. The molecule has 1 aliphatic rings. The lowest BCUT2D eigenvalue weighted by atomic mass is 10.00. The van der Waals surface area contributed by atoms with Crippen LogP contribution in [0.3, 0.4) is 0 Å². The van der Waals surface area contributed by atoms with Crippen LogP contribution >= 0.6 is 0 Å². The Hall–Kier alpha value is -1.71. The van der Waals surface area contributed by atoms with Crippen molar-refractivity contribution in [2.45, 2.75) is 25.9 Å². The maximum Gasteiger partial charge on any atom is 0.340 e. The first-order chi connectivity index (χ1) is 7.44. The third-order valence-electron chi connectivity index (χ3n) is 2.68. The lowest BCUT2D eigenvalue weighted by Crippen LogP contribution is -2.24. The minimum atomic E-state index is -0.436. The van der Waals surface area contributed by atoms with Crippen LogP contribution in [0.15, 0.2) is 12.1 Å². The van der Waals surface area contributed by atoms with Crippen LogP contribution < -0.4 is 10.5 Å². The van der Waals surface area contributed by atoms with Gasteiger partial charge in [0.05, 0.1) is 18.4 Å². The van der Waals surface area contributed by atoms with Gasteiger partial charge in [-0.3, -0.25) is 0 Å². The van der Waals surface area contributed by atoms with E-state index in [0.717, 1.165) is 12.0 Å². The molecule has 0 saturated carbocycles. The van der Waals surface area contributed by atoms with E-state index >= 15 is 0 Å². The number of carbonyl (C=O) groups is 1. The molecule has 0 aliphatic carbocycles. The standard InChI is InChI=1S/C12H15NO3/c1-12(2)6-7-4-5-8(11(14)15-3)9(13)10(7)16-12/h4-5H,6,13H2,1-3H3. The summed E-state index contributed by atoms with van der Waals surface area (Å²) in [5, 5.41) is 0. The molecule has 2 N–H and O–H groups in total. The van der Waals surface area contributed by atoms with E-state index in [1.807, 2.05) is 19.9 Å². The van der Waals surface area contributed by atoms with Crippen LogP contribution in [0.4, 0.5) is 5.69 Å². The summed E-state index contributed by atoms with van der Waals surface area (Å²) in [7, 11) is 1.33. The molecular formula is C12H15NO3. The van der Waals surface area contributed by atoms with Crippen molar-refractivity contribution in [3.8, 4) is 5.75 Å². The van der Waals surface area contributed by atoms with E-state index in [1.54, 1.807) is 6.07 Å². The van der Waals surface area contributed by atoms with Crippen molar-refractivity contribution in [3.05, 3.63) is 23.3 Å². The zero-order valence-electron chi connectivity index (χ0n) is 9.66. The molecule has 0 radical (unpaired) electrons. The van der Waals surface area contributed by atoms with E-state index in [1.165, 1.54) is 7.11 Å². The van der Waals surface area contributed by atoms with Crippen LogP contribution in [0, 0.1) is 0 Å². The quantitative estimate of drug-likeness (QED) is 0.580. The van der Waals surface area contributed by atoms with Crippen LogP contribution in [0.1, 0.15) is 29.8 Å². The van der Waals surface area contributed by atoms with Gasteiger partial charge >= 0.3 is 5.97 Å². The predicted octanol–water partition coefficient (Wildman–Crippen LogP) is 1.77. The second-order valence-corrected chi connectivity index (χ2v) is 4.55. The molecule has 0 atom stereocenters. The van der Waals surface area contributed by atoms with Gasteiger partial charge in [-0.2, -0.15) is 0 Å². The number of fused-ring (bicyclic) bond motifs is 1. The van der Waals surface area contributed by atoms with Crippen LogP contribution in [-0.4, -0.2) is 18.7 Å². The average molecular weight is 221 g/mol. The summed E-state index contributed by atoms with van der Waals surface area (Å²) in [5.74, 6) is 0.182. The predicted molar refractivity (Wildman–Crippen MR) is 60.6 cm³/mol. The molecule has 4 nitrogen and oxygen atoms in total. The number of carbonyl (C=O) groups excluding carboxylic acids is 1. The second kappa shape index (κ2) is 3.40. The lowest BCUT2D eigenvalue weighted by molar-refractivity contribution is 0.0601. The molecule has 0 fully saturated rings. The summed E-state index contributed by atoms with van der Waals surface area (Å²) in [5.41, 5.74) is 7.42.